The smallest absolute Gasteiger partial charge is 0.219 e. The van der Waals surface area contributed by atoms with E-state index in [4.69, 9.17) is 5.73 Å². The molecule has 3 N–H and O–H groups in total. The minimum atomic E-state index is -3.21. The van der Waals surface area contributed by atoms with Gasteiger partial charge < -0.3 is 11.1 Å². The van der Waals surface area contributed by atoms with Crippen LogP contribution in [0.25, 0.3) is 0 Å². The third-order valence-corrected chi connectivity index (χ3v) is 5.51. The fraction of sp³-hybridized carbons (Fsp3) is 1.00. The SMILES string of the molecule is CC(C)(CCN)S(=O)(=O)N1CCNCC1. The molecule has 0 aromatic carbocycles. The Hall–Kier alpha value is -0.170. The molecule has 1 saturated heterocycles. The van der Waals surface area contributed by atoms with Crippen LogP contribution in [0.3, 0.4) is 0 Å². The molecule has 0 radical (unpaired) electrons. The Kier molecular flexibility index (Phi) is 4.11. The Balaban J connectivity index is 2.80. The molecule has 6 heteroatoms. The van der Waals surface area contributed by atoms with Crippen LogP contribution in [0.1, 0.15) is 20.3 Å². The molecule has 1 rings (SSSR count). The summed E-state index contributed by atoms with van der Waals surface area (Å²) >= 11 is 0. The molecule has 90 valence electrons. The van der Waals surface area contributed by atoms with Crippen molar-refractivity contribution in [1.82, 2.24) is 9.62 Å². The van der Waals surface area contributed by atoms with Crippen molar-refractivity contribution in [3.05, 3.63) is 0 Å². The molecule has 0 spiro atoms. The minimum Gasteiger partial charge on any atom is -0.330 e. The largest absolute Gasteiger partial charge is 0.330 e. The highest BCUT2D eigenvalue weighted by Gasteiger charge is 2.38. The van der Waals surface area contributed by atoms with Gasteiger partial charge in [-0.15, -0.1) is 0 Å². The molecule has 1 fully saturated rings. The first kappa shape index (κ1) is 12.9. The molecule has 1 aliphatic heterocycles. The second-order valence-electron chi connectivity index (χ2n) is 4.45. The number of nitrogens with zero attached hydrogens (tertiary/aromatic N) is 1. The van der Waals surface area contributed by atoms with Gasteiger partial charge in [0, 0.05) is 26.2 Å². The summed E-state index contributed by atoms with van der Waals surface area (Å²) in [6, 6.07) is 0. The number of hydrogen-bond donors (Lipinski definition) is 2. The molecule has 0 atom stereocenters. The molecular weight excluding hydrogens is 214 g/mol. The van der Waals surface area contributed by atoms with E-state index in [-0.39, 0.29) is 0 Å². The average molecular weight is 235 g/mol. The van der Waals surface area contributed by atoms with E-state index >= 15 is 0 Å². The summed E-state index contributed by atoms with van der Waals surface area (Å²) in [6.07, 6.45) is 0.499. The summed E-state index contributed by atoms with van der Waals surface area (Å²) in [5.74, 6) is 0. The predicted molar refractivity (Wildman–Crippen MR) is 61.1 cm³/mol. The highest BCUT2D eigenvalue weighted by Crippen LogP contribution is 2.24. The van der Waals surface area contributed by atoms with Crippen molar-refractivity contribution in [1.29, 1.82) is 0 Å². The molecule has 0 bridgehead atoms. The monoisotopic (exact) mass is 235 g/mol. The Morgan fingerprint density at radius 1 is 1.33 bits per heavy atom. The zero-order valence-electron chi connectivity index (χ0n) is 9.49. The van der Waals surface area contributed by atoms with Gasteiger partial charge in [0.05, 0.1) is 4.75 Å². The summed E-state index contributed by atoms with van der Waals surface area (Å²) in [5.41, 5.74) is 5.45. The molecule has 0 aliphatic carbocycles. The van der Waals surface area contributed by atoms with Crippen LogP contribution in [0.5, 0.6) is 0 Å². The van der Waals surface area contributed by atoms with Gasteiger partial charge in [0.1, 0.15) is 0 Å². The predicted octanol–water partition coefficient (Wildman–Crippen LogP) is -0.651. The number of nitrogens with two attached hydrogens (primary N) is 1. The minimum absolute atomic E-state index is 0.401. The normalized spacial score (nSPS) is 20.5. The summed E-state index contributed by atoms with van der Waals surface area (Å²) in [6.45, 7) is 6.50. The Bertz CT molecular complexity index is 294. The van der Waals surface area contributed by atoms with Gasteiger partial charge in [0.25, 0.3) is 0 Å². The topological polar surface area (TPSA) is 75.4 Å². The van der Waals surface area contributed by atoms with Crippen molar-refractivity contribution in [2.24, 2.45) is 5.73 Å². The zero-order valence-corrected chi connectivity index (χ0v) is 10.3. The van der Waals surface area contributed by atoms with Crippen LogP contribution in [-0.4, -0.2) is 50.2 Å². The number of hydrogen-bond acceptors (Lipinski definition) is 4. The summed E-state index contributed by atoms with van der Waals surface area (Å²) in [5, 5.41) is 3.14. The van der Waals surface area contributed by atoms with Gasteiger partial charge in [-0.1, -0.05) is 0 Å². The van der Waals surface area contributed by atoms with Gasteiger partial charge >= 0.3 is 0 Å². The lowest BCUT2D eigenvalue weighted by Crippen LogP contribution is -2.52. The third kappa shape index (κ3) is 2.69. The number of piperazine rings is 1. The molecule has 0 saturated carbocycles. The summed E-state index contributed by atoms with van der Waals surface area (Å²) in [4.78, 5) is 0. The van der Waals surface area contributed by atoms with Gasteiger partial charge in [-0.05, 0) is 26.8 Å². The fourth-order valence-electron chi connectivity index (χ4n) is 1.71. The van der Waals surface area contributed by atoms with Crippen LogP contribution < -0.4 is 11.1 Å². The lowest BCUT2D eigenvalue weighted by atomic mass is 10.1. The van der Waals surface area contributed by atoms with Gasteiger partial charge in [-0.3, -0.25) is 0 Å². The van der Waals surface area contributed by atoms with Crippen LogP contribution in [0.15, 0.2) is 0 Å². The Labute approximate surface area is 92.1 Å². The van der Waals surface area contributed by atoms with Crippen molar-refractivity contribution in [3.63, 3.8) is 0 Å². The van der Waals surface area contributed by atoms with Gasteiger partial charge in [0.2, 0.25) is 10.0 Å². The maximum absolute atomic E-state index is 12.2. The van der Waals surface area contributed by atoms with Crippen molar-refractivity contribution >= 4 is 10.0 Å². The van der Waals surface area contributed by atoms with Crippen LogP contribution >= 0.6 is 0 Å². The zero-order chi connectivity index (χ0) is 11.5. The van der Waals surface area contributed by atoms with Crippen molar-refractivity contribution in [2.75, 3.05) is 32.7 Å². The second-order valence-corrected chi connectivity index (χ2v) is 7.02. The van der Waals surface area contributed by atoms with E-state index in [9.17, 15) is 8.42 Å². The molecule has 0 aromatic heterocycles. The van der Waals surface area contributed by atoms with Crippen molar-refractivity contribution < 1.29 is 8.42 Å². The Morgan fingerprint density at radius 2 is 1.87 bits per heavy atom. The maximum atomic E-state index is 12.2. The molecule has 0 aromatic rings. The standard InChI is InChI=1S/C9H21N3O2S/c1-9(2,3-4-10)15(13,14)12-7-5-11-6-8-12/h11H,3-8,10H2,1-2H3. The average Bonchev–Trinajstić information content (AvgIpc) is 2.19. The summed E-state index contributed by atoms with van der Waals surface area (Å²) in [7, 11) is -3.21. The van der Waals surface area contributed by atoms with E-state index in [1.165, 1.54) is 0 Å². The number of rotatable bonds is 4. The summed E-state index contributed by atoms with van der Waals surface area (Å²) < 4.78 is 25.3. The first-order valence-electron chi connectivity index (χ1n) is 5.32. The molecular formula is C9H21N3O2S. The van der Waals surface area contributed by atoms with E-state index in [0.29, 0.717) is 26.1 Å². The lowest BCUT2D eigenvalue weighted by molar-refractivity contribution is 0.345. The van der Waals surface area contributed by atoms with Crippen LogP contribution in [-0.2, 0) is 10.0 Å². The lowest BCUT2D eigenvalue weighted by Gasteiger charge is -2.34. The van der Waals surface area contributed by atoms with Gasteiger partial charge in [0.15, 0.2) is 0 Å². The molecule has 1 heterocycles. The van der Waals surface area contributed by atoms with E-state index in [2.05, 4.69) is 5.32 Å². The second kappa shape index (κ2) is 4.78. The molecule has 0 unspecified atom stereocenters. The van der Waals surface area contributed by atoms with E-state index < -0.39 is 14.8 Å². The number of nitrogens with one attached hydrogen (secondary N) is 1. The van der Waals surface area contributed by atoms with Crippen LogP contribution in [0.4, 0.5) is 0 Å². The van der Waals surface area contributed by atoms with Crippen LogP contribution in [0.2, 0.25) is 0 Å². The van der Waals surface area contributed by atoms with Crippen LogP contribution in [0, 0.1) is 0 Å². The third-order valence-electron chi connectivity index (χ3n) is 2.86. The quantitative estimate of drug-likeness (QED) is 0.679. The molecule has 15 heavy (non-hydrogen) atoms. The van der Waals surface area contributed by atoms with Crippen molar-refractivity contribution in [2.45, 2.75) is 25.0 Å². The van der Waals surface area contributed by atoms with Gasteiger partial charge in [-0.25, -0.2) is 8.42 Å². The highest BCUT2D eigenvalue weighted by atomic mass is 32.2. The first-order chi connectivity index (χ1) is 6.92. The van der Waals surface area contributed by atoms with Gasteiger partial charge in [-0.2, -0.15) is 4.31 Å². The molecule has 0 amide bonds. The van der Waals surface area contributed by atoms with Crippen molar-refractivity contribution in [3.8, 4) is 0 Å². The van der Waals surface area contributed by atoms with E-state index in [0.717, 1.165) is 13.1 Å². The van der Waals surface area contributed by atoms with E-state index in [1.807, 2.05) is 0 Å². The van der Waals surface area contributed by atoms with E-state index in [1.54, 1.807) is 18.2 Å². The Morgan fingerprint density at radius 3 is 2.33 bits per heavy atom. The molecule has 5 nitrogen and oxygen atoms in total. The molecule has 1 aliphatic rings. The number of sulfonamides is 1. The maximum Gasteiger partial charge on any atom is 0.219 e. The first-order valence-corrected chi connectivity index (χ1v) is 6.76. The highest BCUT2D eigenvalue weighted by molar-refractivity contribution is 7.90. The fourth-order valence-corrected chi connectivity index (χ4v) is 3.45.